The third kappa shape index (κ3) is 5.00. The lowest BCUT2D eigenvalue weighted by atomic mass is 10.1. The highest BCUT2D eigenvalue weighted by Crippen LogP contribution is 2.38. The van der Waals surface area contributed by atoms with Crippen LogP contribution in [0.5, 0.6) is 0 Å². The molecule has 2 N–H and O–H groups in total. The van der Waals surface area contributed by atoms with Crippen LogP contribution in [0.1, 0.15) is 32.0 Å². The van der Waals surface area contributed by atoms with Crippen molar-refractivity contribution in [2.45, 2.75) is 38.7 Å². The van der Waals surface area contributed by atoms with Gasteiger partial charge in [-0.1, -0.05) is 12.1 Å². The van der Waals surface area contributed by atoms with Gasteiger partial charge in [0.1, 0.15) is 5.69 Å². The van der Waals surface area contributed by atoms with Crippen molar-refractivity contribution in [2.24, 2.45) is 0 Å². The molecule has 0 aliphatic heterocycles. The molecule has 0 amide bonds. The molecule has 1 aromatic carbocycles. The van der Waals surface area contributed by atoms with Crippen LogP contribution in [0.4, 0.5) is 32.0 Å². The van der Waals surface area contributed by atoms with Crippen molar-refractivity contribution in [3.05, 3.63) is 35.5 Å². The molecule has 0 aliphatic carbocycles. The van der Waals surface area contributed by atoms with Gasteiger partial charge in [-0.2, -0.15) is 26.3 Å². The van der Waals surface area contributed by atoms with Crippen molar-refractivity contribution in [3.8, 4) is 0 Å². The first-order valence-corrected chi connectivity index (χ1v) is 7.86. The molecule has 0 fully saturated rings. The number of aromatic nitrogens is 1. The van der Waals surface area contributed by atoms with Crippen molar-refractivity contribution >= 4 is 16.6 Å². The van der Waals surface area contributed by atoms with Gasteiger partial charge in [0, 0.05) is 29.7 Å². The van der Waals surface area contributed by atoms with E-state index in [0.717, 1.165) is 18.2 Å². The lowest BCUT2D eigenvalue weighted by Crippen LogP contribution is -2.38. The van der Waals surface area contributed by atoms with E-state index in [1.165, 1.54) is 6.07 Å². The molecule has 0 aliphatic rings. The Labute approximate surface area is 146 Å². The summed E-state index contributed by atoms with van der Waals surface area (Å²) in [6.45, 7) is 6.43. The molecule has 0 bridgehead atoms. The summed E-state index contributed by atoms with van der Waals surface area (Å²) in [7, 11) is 0. The van der Waals surface area contributed by atoms with Crippen LogP contribution in [0.3, 0.4) is 0 Å². The SMILES string of the molecule is CC(C)(C)NCCNc1cc(C(F)(F)F)nc2c(C(F)(F)F)cccc12. The third-order valence-corrected chi connectivity index (χ3v) is 3.53. The first kappa shape index (κ1) is 20.3. The molecular formula is C17H19F6N3. The van der Waals surface area contributed by atoms with Gasteiger partial charge in [-0.3, -0.25) is 0 Å². The summed E-state index contributed by atoms with van der Waals surface area (Å²) in [4.78, 5) is 3.24. The van der Waals surface area contributed by atoms with Crippen molar-refractivity contribution in [2.75, 3.05) is 18.4 Å². The Hall–Kier alpha value is -2.03. The van der Waals surface area contributed by atoms with Gasteiger partial charge in [-0.25, -0.2) is 4.98 Å². The molecular weight excluding hydrogens is 360 g/mol. The number of anilines is 1. The van der Waals surface area contributed by atoms with Gasteiger partial charge in [-0.05, 0) is 32.9 Å². The maximum atomic E-state index is 13.2. The average Bonchev–Trinajstić information content (AvgIpc) is 2.47. The number of para-hydroxylation sites is 1. The summed E-state index contributed by atoms with van der Waals surface area (Å²) in [6.07, 6.45) is -9.66. The fourth-order valence-electron chi connectivity index (χ4n) is 2.40. The normalized spacial score (nSPS) is 13.3. The smallest absolute Gasteiger partial charge is 0.383 e. The second kappa shape index (κ2) is 6.94. The van der Waals surface area contributed by atoms with Gasteiger partial charge in [0.25, 0.3) is 0 Å². The lowest BCUT2D eigenvalue weighted by molar-refractivity contribution is -0.142. The predicted octanol–water partition coefficient (Wildman–Crippen LogP) is 5.07. The number of rotatable bonds is 4. The molecule has 0 radical (unpaired) electrons. The fourth-order valence-corrected chi connectivity index (χ4v) is 2.40. The molecule has 9 heteroatoms. The molecule has 0 spiro atoms. The van der Waals surface area contributed by atoms with E-state index in [-0.39, 0.29) is 23.2 Å². The molecule has 0 atom stereocenters. The predicted molar refractivity (Wildman–Crippen MR) is 88.0 cm³/mol. The number of hydrogen-bond acceptors (Lipinski definition) is 3. The molecule has 2 aromatic rings. The van der Waals surface area contributed by atoms with Crippen LogP contribution >= 0.6 is 0 Å². The van der Waals surface area contributed by atoms with Crippen molar-refractivity contribution < 1.29 is 26.3 Å². The molecule has 26 heavy (non-hydrogen) atoms. The van der Waals surface area contributed by atoms with E-state index in [1.807, 2.05) is 20.8 Å². The minimum Gasteiger partial charge on any atom is -0.383 e. The maximum Gasteiger partial charge on any atom is 0.433 e. The maximum absolute atomic E-state index is 13.2. The summed E-state index contributed by atoms with van der Waals surface area (Å²) in [5.41, 5.74) is -3.52. The minimum atomic E-state index is -4.85. The minimum absolute atomic E-state index is 0.0106. The zero-order valence-electron chi connectivity index (χ0n) is 14.4. The highest BCUT2D eigenvalue weighted by Gasteiger charge is 2.37. The van der Waals surface area contributed by atoms with Gasteiger partial charge in [0.2, 0.25) is 0 Å². The number of pyridine rings is 1. The van der Waals surface area contributed by atoms with Gasteiger partial charge in [-0.15, -0.1) is 0 Å². The fraction of sp³-hybridized carbons (Fsp3) is 0.471. The highest BCUT2D eigenvalue weighted by atomic mass is 19.4. The standard InChI is InChI=1S/C17H19F6N3/c1-15(2,3)25-8-7-24-12-9-13(17(21,22)23)26-14-10(12)5-4-6-11(14)16(18,19)20/h4-6,9,25H,7-8H2,1-3H3,(H,24,26). The number of fused-ring (bicyclic) bond motifs is 1. The van der Waals surface area contributed by atoms with Crippen LogP contribution in [0.2, 0.25) is 0 Å². The summed E-state index contributed by atoms with van der Waals surface area (Å²) in [5.74, 6) is 0. The van der Waals surface area contributed by atoms with Crippen LogP contribution < -0.4 is 10.6 Å². The van der Waals surface area contributed by atoms with Gasteiger partial charge in [0.15, 0.2) is 0 Å². The molecule has 0 unspecified atom stereocenters. The molecule has 1 heterocycles. The molecule has 144 valence electrons. The number of nitrogens with one attached hydrogen (secondary N) is 2. The van der Waals surface area contributed by atoms with Gasteiger partial charge in [0.05, 0.1) is 11.1 Å². The van der Waals surface area contributed by atoms with E-state index in [0.29, 0.717) is 6.54 Å². The van der Waals surface area contributed by atoms with E-state index in [1.54, 1.807) is 0 Å². The largest absolute Gasteiger partial charge is 0.433 e. The number of hydrogen-bond donors (Lipinski definition) is 2. The number of benzene rings is 1. The quantitative estimate of drug-likeness (QED) is 0.575. The van der Waals surface area contributed by atoms with Crippen molar-refractivity contribution in [1.82, 2.24) is 10.3 Å². The zero-order chi connectivity index (χ0) is 19.8. The average molecular weight is 379 g/mol. The summed E-state index contributed by atoms with van der Waals surface area (Å²) >= 11 is 0. The van der Waals surface area contributed by atoms with E-state index in [9.17, 15) is 26.3 Å². The Morgan fingerprint density at radius 3 is 2.12 bits per heavy atom. The number of alkyl halides is 6. The van der Waals surface area contributed by atoms with E-state index in [2.05, 4.69) is 15.6 Å². The molecule has 0 saturated carbocycles. The molecule has 1 aromatic heterocycles. The van der Waals surface area contributed by atoms with Gasteiger partial charge < -0.3 is 10.6 Å². The highest BCUT2D eigenvalue weighted by molar-refractivity contribution is 5.93. The second-order valence-electron chi connectivity index (χ2n) is 6.86. The van der Waals surface area contributed by atoms with E-state index >= 15 is 0 Å². The van der Waals surface area contributed by atoms with E-state index in [4.69, 9.17) is 0 Å². The summed E-state index contributed by atoms with van der Waals surface area (Å²) in [6, 6.07) is 3.93. The molecule has 0 saturated heterocycles. The Morgan fingerprint density at radius 1 is 0.923 bits per heavy atom. The Balaban J connectivity index is 2.47. The molecule has 2 rings (SSSR count). The van der Waals surface area contributed by atoms with Crippen LogP contribution in [0, 0.1) is 0 Å². The summed E-state index contributed by atoms with van der Waals surface area (Å²) < 4.78 is 78.7. The van der Waals surface area contributed by atoms with Crippen LogP contribution in [-0.2, 0) is 12.4 Å². The Morgan fingerprint density at radius 2 is 1.58 bits per heavy atom. The van der Waals surface area contributed by atoms with Crippen molar-refractivity contribution in [1.29, 1.82) is 0 Å². The topological polar surface area (TPSA) is 37.0 Å². The van der Waals surface area contributed by atoms with Crippen molar-refractivity contribution in [3.63, 3.8) is 0 Å². The first-order valence-electron chi connectivity index (χ1n) is 7.86. The van der Waals surface area contributed by atoms with Gasteiger partial charge >= 0.3 is 12.4 Å². The number of nitrogens with zero attached hydrogens (tertiary/aromatic N) is 1. The second-order valence-corrected chi connectivity index (χ2v) is 6.86. The van der Waals surface area contributed by atoms with Crippen LogP contribution in [0.15, 0.2) is 24.3 Å². The monoisotopic (exact) mass is 379 g/mol. The van der Waals surface area contributed by atoms with E-state index < -0.39 is 29.1 Å². The van der Waals surface area contributed by atoms with Crippen LogP contribution in [-0.4, -0.2) is 23.6 Å². The zero-order valence-corrected chi connectivity index (χ0v) is 14.4. The summed E-state index contributed by atoms with van der Waals surface area (Å²) in [5, 5.41) is 5.91. The molecule has 3 nitrogen and oxygen atoms in total. The third-order valence-electron chi connectivity index (χ3n) is 3.53. The Bertz CT molecular complexity index is 775. The Kier molecular flexibility index (Phi) is 5.41. The van der Waals surface area contributed by atoms with Crippen LogP contribution in [0.25, 0.3) is 10.9 Å². The first-order chi connectivity index (χ1) is 11.8. The lowest BCUT2D eigenvalue weighted by Gasteiger charge is -2.21. The number of halogens is 6.